The fourth-order valence-corrected chi connectivity index (χ4v) is 4.18. The van der Waals surface area contributed by atoms with Gasteiger partial charge in [-0.2, -0.15) is 0 Å². The molecule has 0 spiro atoms. The monoisotopic (exact) mass is 409 g/mol. The Bertz CT molecular complexity index is 886. The number of benzene rings is 2. The van der Waals surface area contributed by atoms with Crippen molar-refractivity contribution in [3.63, 3.8) is 0 Å². The van der Waals surface area contributed by atoms with Crippen LogP contribution in [0.4, 0.5) is 5.69 Å². The van der Waals surface area contributed by atoms with Gasteiger partial charge in [-0.1, -0.05) is 30.3 Å². The van der Waals surface area contributed by atoms with Crippen LogP contribution in [0, 0.1) is 5.92 Å². The summed E-state index contributed by atoms with van der Waals surface area (Å²) in [4.78, 5) is 12.5. The molecule has 1 fully saturated rings. The van der Waals surface area contributed by atoms with Crippen molar-refractivity contribution in [3.8, 4) is 0 Å². The van der Waals surface area contributed by atoms with E-state index in [4.69, 9.17) is 5.73 Å². The smallest absolute Gasteiger partial charge is 0.264 e. The molecule has 0 radical (unpaired) electrons. The van der Waals surface area contributed by atoms with Gasteiger partial charge < -0.3 is 11.1 Å². The summed E-state index contributed by atoms with van der Waals surface area (Å²) in [5.41, 5.74) is 6.66. The molecule has 0 bridgehead atoms. The van der Waals surface area contributed by atoms with E-state index >= 15 is 0 Å². The van der Waals surface area contributed by atoms with Gasteiger partial charge in [0.2, 0.25) is 0 Å². The molecule has 8 heteroatoms. The molecule has 2 aromatic carbocycles. The highest BCUT2D eigenvalue weighted by atomic mass is 35.5. The molecule has 3 N–H and O–H groups in total. The third-order valence-electron chi connectivity index (χ3n) is 4.62. The zero-order valence-electron chi connectivity index (χ0n) is 15.0. The van der Waals surface area contributed by atoms with Crippen LogP contribution in [-0.2, 0) is 10.0 Å². The molecule has 2 aromatic rings. The summed E-state index contributed by atoms with van der Waals surface area (Å²) < 4.78 is 27.2. The molecule has 1 aliphatic carbocycles. The second-order valence-electron chi connectivity index (χ2n) is 6.52. The summed E-state index contributed by atoms with van der Waals surface area (Å²) in [6, 6.07) is 14.9. The first-order chi connectivity index (χ1) is 12.4. The second-order valence-corrected chi connectivity index (χ2v) is 8.45. The van der Waals surface area contributed by atoms with Gasteiger partial charge in [0.1, 0.15) is 4.90 Å². The highest BCUT2D eigenvalue weighted by molar-refractivity contribution is 7.92. The Morgan fingerprint density at radius 3 is 2.37 bits per heavy atom. The van der Waals surface area contributed by atoms with Crippen molar-refractivity contribution in [1.82, 2.24) is 5.32 Å². The van der Waals surface area contributed by atoms with Crippen LogP contribution in [0.2, 0.25) is 0 Å². The number of nitrogens with one attached hydrogen (secondary N) is 1. The standard InChI is InChI=1S/C19H23N3O3S.ClH/c1-22(15-7-3-2-4-8-15)26(24,25)18-10-6-5-9-16(18)19(23)21-13-17(20)14-11-12-14;/h2-10,14,17H,11-13,20H2,1H3,(H,21,23);1H. The van der Waals surface area contributed by atoms with Crippen molar-refractivity contribution in [1.29, 1.82) is 0 Å². The van der Waals surface area contributed by atoms with Crippen LogP contribution >= 0.6 is 12.4 Å². The maximum absolute atomic E-state index is 13.0. The minimum atomic E-state index is -3.87. The first kappa shape index (κ1) is 21.2. The Morgan fingerprint density at radius 1 is 1.15 bits per heavy atom. The number of sulfonamides is 1. The average Bonchev–Trinajstić information content (AvgIpc) is 3.51. The highest BCUT2D eigenvalue weighted by Crippen LogP contribution is 2.31. The molecule has 146 valence electrons. The molecule has 27 heavy (non-hydrogen) atoms. The van der Waals surface area contributed by atoms with E-state index in [-0.39, 0.29) is 28.9 Å². The number of hydrogen-bond donors (Lipinski definition) is 2. The van der Waals surface area contributed by atoms with E-state index in [9.17, 15) is 13.2 Å². The van der Waals surface area contributed by atoms with Crippen LogP contribution in [0.1, 0.15) is 23.2 Å². The van der Waals surface area contributed by atoms with Crippen LogP contribution in [-0.4, -0.2) is 34.0 Å². The van der Waals surface area contributed by atoms with Crippen molar-refractivity contribution < 1.29 is 13.2 Å². The maximum Gasteiger partial charge on any atom is 0.264 e. The summed E-state index contributed by atoms with van der Waals surface area (Å²) >= 11 is 0. The normalized spacial score (nSPS) is 14.7. The summed E-state index contributed by atoms with van der Waals surface area (Å²) in [7, 11) is -2.39. The molecule has 0 saturated heterocycles. The average molecular weight is 410 g/mol. The van der Waals surface area contributed by atoms with Crippen LogP contribution in [0.15, 0.2) is 59.5 Å². The van der Waals surface area contributed by atoms with Gasteiger partial charge >= 0.3 is 0 Å². The minimum Gasteiger partial charge on any atom is -0.350 e. The fourth-order valence-electron chi connectivity index (χ4n) is 2.80. The number of carbonyl (C=O) groups excluding carboxylic acids is 1. The van der Waals surface area contributed by atoms with E-state index in [2.05, 4.69) is 5.32 Å². The van der Waals surface area contributed by atoms with Gasteiger partial charge in [-0.15, -0.1) is 12.4 Å². The van der Waals surface area contributed by atoms with Crippen LogP contribution in [0.3, 0.4) is 0 Å². The molecule has 0 aromatic heterocycles. The Labute approximate surface area is 166 Å². The maximum atomic E-state index is 13.0. The van der Waals surface area contributed by atoms with Crippen molar-refractivity contribution in [3.05, 3.63) is 60.2 Å². The molecule has 6 nitrogen and oxygen atoms in total. The molecule has 1 atom stereocenters. The Balaban J connectivity index is 0.00000261. The first-order valence-electron chi connectivity index (χ1n) is 8.58. The number of amides is 1. The molecule has 3 rings (SSSR count). The van der Waals surface area contributed by atoms with E-state index in [0.29, 0.717) is 18.2 Å². The van der Waals surface area contributed by atoms with Gasteiger partial charge in [0.15, 0.2) is 0 Å². The van der Waals surface area contributed by atoms with E-state index in [1.165, 1.54) is 23.5 Å². The fraction of sp³-hybridized carbons (Fsp3) is 0.316. The lowest BCUT2D eigenvalue weighted by Crippen LogP contribution is -2.39. The molecule has 1 unspecified atom stereocenters. The van der Waals surface area contributed by atoms with Gasteiger partial charge in [0, 0.05) is 19.6 Å². The molecule has 1 aliphatic rings. The number of hydrogen-bond acceptors (Lipinski definition) is 4. The van der Waals surface area contributed by atoms with E-state index < -0.39 is 15.9 Å². The third kappa shape index (κ3) is 4.80. The Hall–Kier alpha value is -2.09. The largest absolute Gasteiger partial charge is 0.350 e. The predicted octanol–water partition coefficient (Wildman–Crippen LogP) is 2.40. The first-order valence-corrected chi connectivity index (χ1v) is 10.0. The van der Waals surface area contributed by atoms with Crippen molar-refractivity contribution in [2.24, 2.45) is 11.7 Å². The quantitative estimate of drug-likeness (QED) is 0.734. The molecular weight excluding hydrogens is 386 g/mol. The lowest BCUT2D eigenvalue weighted by Gasteiger charge is -2.21. The third-order valence-corrected chi connectivity index (χ3v) is 6.46. The zero-order chi connectivity index (χ0) is 18.7. The van der Waals surface area contributed by atoms with Crippen LogP contribution in [0.25, 0.3) is 0 Å². The van der Waals surface area contributed by atoms with Gasteiger partial charge in [0.05, 0.1) is 11.3 Å². The predicted molar refractivity (Wildman–Crippen MR) is 109 cm³/mol. The van der Waals surface area contributed by atoms with E-state index in [1.54, 1.807) is 36.4 Å². The van der Waals surface area contributed by atoms with E-state index in [0.717, 1.165) is 12.8 Å². The minimum absolute atomic E-state index is 0. The summed E-state index contributed by atoms with van der Waals surface area (Å²) in [6.45, 7) is 0.340. The van der Waals surface area contributed by atoms with E-state index in [1.807, 2.05) is 6.07 Å². The number of para-hydroxylation sites is 1. The summed E-state index contributed by atoms with van der Waals surface area (Å²) in [5, 5.41) is 2.76. The number of nitrogens with zero attached hydrogens (tertiary/aromatic N) is 1. The van der Waals surface area contributed by atoms with Crippen molar-refractivity contribution in [2.45, 2.75) is 23.8 Å². The SMILES string of the molecule is CN(c1ccccc1)S(=O)(=O)c1ccccc1C(=O)NCC(N)C1CC1.Cl. The van der Waals surface area contributed by atoms with Gasteiger partial charge in [-0.3, -0.25) is 9.10 Å². The molecule has 0 heterocycles. The molecule has 1 amide bonds. The number of halogens is 1. The topological polar surface area (TPSA) is 92.5 Å². The van der Waals surface area contributed by atoms with Gasteiger partial charge in [-0.05, 0) is 43.0 Å². The second kappa shape index (κ2) is 8.73. The highest BCUT2D eigenvalue weighted by Gasteiger charge is 2.30. The lowest BCUT2D eigenvalue weighted by atomic mass is 10.2. The Kier molecular flexibility index (Phi) is 6.86. The number of carbonyl (C=O) groups is 1. The van der Waals surface area contributed by atoms with Crippen molar-refractivity contribution >= 4 is 34.0 Å². The van der Waals surface area contributed by atoms with Crippen molar-refractivity contribution in [2.75, 3.05) is 17.9 Å². The zero-order valence-corrected chi connectivity index (χ0v) is 16.7. The number of nitrogens with two attached hydrogens (primary N) is 1. The summed E-state index contributed by atoms with van der Waals surface area (Å²) in [6.07, 6.45) is 2.17. The van der Waals surface area contributed by atoms with Gasteiger partial charge in [0.25, 0.3) is 15.9 Å². The molecule has 0 aliphatic heterocycles. The molecular formula is C19H24ClN3O3S. The van der Waals surface area contributed by atoms with Gasteiger partial charge in [-0.25, -0.2) is 8.42 Å². The Morgan fingerprint density at radius 2 is 1.74 bits per heavy atom. The van der Waals surface area contributed by atoms with Crippen LogP contribution in [0.5, 0.6) is 0 Å². The lowest BCUT2D eigenvalue weighted by molar-refractivity contribution is 0.0947. The number of rotatable bonds is 7. The van der Waals surface area contributed by atoms with Crippen LogP contribution < -0.4 is 15.4 Å². The molecule has 1 saturated carbocycles. The summed E-state index contributed by atoms with van der Waals surface area (Å²) in [5.74, 6) is 0.0280. The number of anilines is 1.